The van der Waals surface area contributed by atoms with Crippen molar-refractivity contribution in [2.45, 2.75) is 25.1 Å². The third kappa shape index (κ3) is 5.34. The fraction of sp³-hybridized carbons (Fsp3) is 0.500. The molecule has 1 aromatic rings. The number of rotatable bonds is 5. The van der Waals surface area contributed by atoms with Crippen molar-refractivity contribution in [3.63, 3.8) is 0 Å². The second-order valence-electron chi connectivity index (χ2n) is 5.67. The van der Waals surface area contributed by atoms with Crippen molar-refractivity contribution >= 4 is 24.2 Å². The summed E-state index contributed by atoms with van der Waals surface area (Å²) < 4.78 is 38.8. The van der Waals surface area contributed by atoms with Crippen LogP contribution in [0.15, 0.2) is 24.3 Å². The van der Waals surface area contributed by atoms with Gasteiger partial charge in [-0.1, -0.05) is 12.1 Å². The zero-order valence-electron chi connectivity index (χ0n) is 13.7. The van der Waals surface area contributed by atoms with E-state index in [1.54, 1.807) is 11.9 Å². The maximum Gasteiger partial charge on any atom is 0.417 e. The maximum atomic E-state index is 12.9. The highest BCUT2D eigenvalue weighted by atomic mass is 35.5. The predicted octanol–water partition coefficient (Wildman–Crippen LogP) is 2.07. The van der Waals surface area contributed by atoms with Gasteiger partial charge in [-0.05, 0) is 32.0 Å². The average Bonchev–Trinajstić information content (AvgIpc) is 3.00. The summed E-state index contributed by atoms with van der Waals surface area (Å²) >= 11 is 0. The molecule has 0 radical (unpaired) electrons. The zero-order chi connectivity index (χ0) is 17.7. The number of likely N-dealkylation sites (tertiary alicyclic amines) is 1. The molecule has 5 nitrogen and oxygen atoms in total. The molecule has 1 unspecified atom stereocenters. The van der Waals surface area contributed by atoms with Crippen LogP contribution in [0, 0.1) is 0 Å². The fourth-order valence-corrected chi connectivity index (χ4v) is 2.89. The zero-order valence-corrected chi connectivity index (χ0v) is 14.5. The van der Waals surface area contributed by atoms with E-state index in [0.29, 0.717) is 13.1 Å². The minimum atomic E-state index is -4.62. The van der Waals surface area contributed by atoms with Crippen LogP contribution in [0.4, 0.5) is 13.2 Å². The molecule has 0 aliphatic carbocycles. The number of likely N-dealkylation sites (N-methyl/N-ethyl adjacent to an activating group) is 1. The van der Waals surface area contributed by atoms with Gasteiger partial charge in [0.25, 0.3) is 5.91 Å². The molecule has 2 amide bonds. The number of halogens is 4. The van der Waals surface area contributed by atoms with Gasteiger partial charge in [0, 0.05) is 19.1 Å². The smallest absolute Gasteiger partial charge is 0.343 e. The number of alkyl halides is 3. The minimum absolute atomic E-state index is 0. The first-order chi connectivity index (χ1) is 11.3. The number of nitrogens with zero attached hydrogens (tertiary/aromatic N) is 1. The first kappa shape index (κ1) is 21.2. The molecular weight excluding hydrogens is 359 g/mol. The fourth-order valence-electron chi connectivity index (χ4n) is 2.89. The lowest BCUT2D eigenvalue weighted by Gasteiger charge is -2.24. The Labute approximate surface area is 150 Å². The van der Waals surface area contributed by atoms with Gasteiger partial charge in [-0.15, -0.1) is 12.4 Å². The van der Waals surface area contributed by atoms with Gasteiger partial charge >= 0.3 is 6.18 Å². The molecule has 1 aliphatic rings. The average molecular weight is 380 g/mol. The Morgan fingerprint density at radius 2 is 1.96 bits per heavy atom. The van der Waals surface area contributed by atoms with E-state index in [1.807, 2.05) is 0 Å². The molecule has 0 spiro atoms. The quantitative estimate of drug-likeness (QED) is 0.823. The molecule has 1 aliphatic heterocycles. The molecule has 1 saturated heterocycles. The number of carbonyl (C=O) groups is 2. The van der Waals surface area contributed by atoms with E-state index in [-0.39, 0.29) is 30.9 Å². The van der Waals surface area contributed by atoms with E-state index in [9.17, 15) is 22.8 Å². The highest BCUT2D eigenvalue weighted by molar-refractivity contribution is 5.97. The molecule has 2 rings (SSSR count). The van der Waals surface area contributed by atoms with Crippen LogP contribution < -0.4 is 10.6 Å². The van der Waals surface area contributed by atoms with Gasteiger partial charge in [0.2, 0.25) is 5.91 Å². The normalized spacial score (nSPS) is 17.1. The Morgan fingerprint density at radius 1 is 1.28 bits per heavy atom. The van der Waals surface area contributed by atoms with Crippen LogP contribution in [0.25, 0.3) is 0 Å². The van der Waals surface area contributed by atoms with Crippen LogP contribution >= 0.6 is 12.4 Å². The lowest BCUT2D eigenvalue weighted by molar-refractivity contribution is -0.137. The van der Waals surface area contributed by atoms with Crippen molar-refractivity contribution in [1.82, 2.24) is 15.5 Å². The van der Waals surface area contributed by atoms with Crippen LogP contribution in [0.1, 0.15) is 28.8 Å². The Kier molecular flexibility index (Phi) is 7.69. The monoisotopic (exact) mass is 379 g/mol. The van der Waals surface area contributed by atoms with Gasteiger partial charge < -0.3 is 15.5 Å². The van der Waals surface area contributed by atoms with E-state index in [0.717, 1.165) is 25.0 Å². The number of nitrogens with one attached hydrogen (secondary N) is 2. The largest absolute Gasteiger partial charge is 0.417 e. The molecular formula is C16H21ClF3N3O2. The minimum Gasteiger partial charge on any atom is -0.343 e. The van der Waals surface area contributed by atoms with E-state index in [1.165, 1.54) is 12.1 Å². The van der Waals surface area contributed by atoms with Gasteiger partial charge in [0.05, 0.1) is 17.7 Å². The summed E-state index contributed by atoms with van der Waals surface area (Å²) in [5.74, 6) is -1.19. The van der Waals surface area contributed by atoms with Crippen LogP contribution in [0.5, 0.6) is 0 Å². The topological polar surface area (TPSA) is 61.4 Å². The first-order valence-corrected chi connectivity index (χ1v) is 7.73. The number of benzene rings is 1. The van der Waals surface area contributed by atoms with Crippen LogP contribution in [0.3, 0.4) is 0 Å². The lowest BCUT2D eigenvalue weighted by Crippen LogP contribution is -2.45. The molecule has 9 heteroatoms. The molecule has 1 heterocycles. The second-order valence-corrected chi connectivity index (χ2v) is 5.67. The van der Waals surface area contributed by atoms with Gasteiger partial charge in [0.15, 0.2) is 0 Å². The van der Waals surface area contributed by atoms with E-state index in [2.05, 4.69) is 10.6 Å². The Morgan fingerprint density at radius 3 is 2.60 bits per heavy atom. The van der Waals surface area contributed by atoms with Gasteiger partial charge in [-0.2, -0.15) is 13.2 Å². The second kappa shape index (κ2) is 9.05. The summed E-state index contributed by atoms with van der Waals surface area (Å²) in [4.78, 5) is 25.9. The Balaban J connectivity index is 0.00000312. The number of amides is 2. The molecule has 1 aromatic carbocycles. The van der Waals surface area contributed by atoms with Crippen molar-refractivity contribution in [2.75, 3.05) is 26.7 Å². The predicted molar refractivity (Wildman–Crippen MR) is 89.7 cm³/mol. The molecule has 2 N–H and O–H groups in total. The lowest BCUT2D eigenvalue weighted by atomic mass is 10.1. The summed E-state index contributed by atoms with van der Waals surface area (Å²) in [6.07, 6.45) is -2.87. The Hall–Kier alpha value is -1.80. The van der Waals surface area contributed by atoms with Crippen LogP contribution in [0.2, 0.25) is 0 Å². The first-order valence-electron chi connectivity index (χ1n) is 7.73. The SMILES string of the molecule is CNCC1CCCN1C(=O)CNC(=O)c1ccccc1C(F)(F)F.Cl. The molecule has 140 valence electrons. The van der Waals surface area contributed by atoms with Gasteiger partial charge in [0.1, 0.15) is 0 Å². The van der Waals surface area contributed by atoms with Crippen molar-refractivity contribution in [1.29, 1.82) is 0 Å². The number of carbonyl (C=O) groups excluding carboxylic acids is 2. The highest BCUT2D eigenvalue weighted by Gasteiger charge is 2.35. The van der Waals surface area contributed by atoms with E-state index < -0.39 is 23.2 Å². The van der Waals surface area contributed by atoms with Crippen molar-refractivity contribution < 1.29 is 22.8 Å². The Bertz CT molecular complexity index is 611. The summed E-state index contributed by atoms with van der Waals surface area (Å²) in [5, 5.41) is 5.30. The summed E-state index contributed by atoms with van der Waals surface area (Å²) in [7, 11) is 1.79. The van der Waals surface area contributed by atoms with Crippen molar-refractivity contribution in [3.8, 4) is 0 Å². The van der Waals surface area contributed by atoms with E-state index >= 15 is 0 Å². The van der Waals surface area contributed by atoms with Crippen LogP contribution in [-0.4, -0.2) is 49.4 Å². The maximum absolute atomic E-state index is 12.9. The highest BCUT2D eigenvalue weighted by Crippen LogP contribution is 2.31. The molecule has 0 aromatic heterocycles. The summed E-state index contributed by atoms with van der Waals surface area (Å²) in [5.41, 5.74) is -1.49. The standard InChI is InChI=1S/C16H20F3N3O2.ClH/c1-20-9-11-5-4-8-22(11)14(23)10-21-15(24)12-6-2-3-7-13(12)16(17,18)19;/h2-3,6-7,11,20H,4-5,8-10H2,1H3,(H,21,24);1H. The van der Waals surface area contributed by atoms with Crippen molar-refractivity contribution in [2.24, 2.45) is 0 Å². The molecule has 1 atom stereocenters. The summed E-state index contributed by atoms with van der Waals surface area (Å²) in [6, 6.07) is 4.58. The number of hydrogen-bond acceptors (Lipinski definition) is 3. The van der Waals surface area contributed by atoms with Gasteiger partial charge in [-0.25, -0.2) is 0 Å². The van der Waals surface area contributed by atoms with Gasteiger partial charge in [-0.3, -0.25) is 9.59 Å². The molecule has 1 fully saturated rings. The molecule has 0 saturated carbocycles. The van der Waals surface area contributed by atoms with Crippen LogP contribution in [-0.2, 0) is 11.0 Å². The van der Waals surface area contributed by atoms with Crippen molar-refractivity contribution in [3.05, 3.63) is 35.4 Å². The number of hydrogen-bond donors (Lipinski definition) is 2. The van der Waals surface area contributed by atoms with E-state index in [4.69, 9.17) is 0 Å². The molecule has 0 bridgehead atoms. The molecule has 25 heavy (non-hydrogen) atoms. The third-order valence-electron chi connectivity index (χ3n) is 4.01. The summed E-state index contributed by atoms with van der Waals surface area (Å²) in [6.45, 7) is 0.933. The third-order valence-corrected chi connectivity index (χ3v) is 4.01.